The Morgan fingerprint density at radius 1 is 1.00 bits per heavy atom. The number of nitrogens with zero attached hydrogens (tertiary/aromatic N) is 3. The van der Waals surface area contributed by atoms with Gasteiger partial charge in [-0.2, -0.15) is 13.2 Å². The Morgan fingerprint density at radius 3 is 2.31 bits per heavy atom. The van der Waals surface area contributed by atoms with E-state index in [1.807, 2.05) is 24.4 Å². The number of anilines is 1. The van der Waals surface area contributed by atoms with E-state index >= 15 is 0 Å². The quantitative estimate of drug-likeness (QED) is 0.471. The molecule has 0 spiro atoms. The van der Waals surface area contributed by atoms with Gasteiger partial charge in [0.25, 0.3) is 0 Å². The number of pyridine rings is 1. The maximum absolute atomic E-state index is 12.2. The summed E-state index contributed by atoms with van der Waals surface area (Å²) in [5, 5.41) is 6.55. The minimum Gasteiger partial charge on any atom is -0.367 e. The fourth-order valence-corrected chi connectivity index (χ4v) is 3.50. The lowest BCUT2D eigenvalue weighted by atomic mass is 10.1. The van der Waals surface area contributed by atoms with Gasteiger partial charge in [-0.1, -0.05) is 24.3 Å². The van der Waals surface area contributed by atoms with E-state index in [0.717, 1.165) is 30.0 Å². The number of rotatable bonds is 8. The van der Waals surface area contributed by atoms with Gasteiger partial charge in [0.05, 0.1) is 6.61 Å². The van der Waals surface area contributed by atoms with Crippen molar-refractivity contribution in [2.24, 2.45) is 4.99 Å². The van der Waals surface area contributed by atoms with Crippen molar-refractivity contribution in [2.75, 3.05) is 31.6 Å². The van der Waals surface area contributed by atoms with Crippen molar-refractivity contribution < 1.29 is 17.9 Å². The second-order valence-corrected chi connectivity index (χ2v) is 7.77. The molecule has 2 heterocycles. The molecule has 3 rings (SSSR count). The van der Waals surface area contributed by atoms with Crippen LogP contribution >= 0.6 is 0 Å². The summed E-state index contributed by atoms with van der Waals surface area (Å²) in [6.07, 6.45) is 1.24. The van der Waals surface area contributed by atoms with E-state index < -0.39 is 12.8 Å². The number of alkyl halides is 3. The molecule has 1 fully saturated rings. The molecule has 2 aromatic rings. The molecular formula is C23H30F3N5O. The predicted molar refractivity (Wildman–Crippen MR) is 119 cm³/mol. The minimum absolute atomic E-state index is 0.0677. The van der Waals surface area contributed by atoms with Gasteiger partial charge in [-0.05, 0) is 48.1 Å². The molecule has 0 unspecified atom stereocenters. The summed E-state index contributed by atoms with van der Waals surface area (Å²) in [6.45, 7) is 1.97. The first-order valence-electron chi connectivity index (χ1n) is 10.8. The second kappa shape index (κ2) is 11.7. The molecule has 0 amide bonds. The first kappa shape index (κ1) is 23.8. The number of piperidine rings is 1. The van der Waals surface area contributed by atoms with Gasteiger partial charge in [-0.15, -0.1) is 0 Å². The van der Waals surface area contributed by atoms with Gasteiger partial charge in [0.15, 0.2) is 5.96 Å². The van der Waals surface area contributed by atoms with Crippen LogP contribution in [0, 0.1) is 0 Å². The molecule has 0 bridgehead atoms. The molecule has 32 heavy (non-hydrogen) atoms. The number of hydrogen-bond donors (Lipinski definition) is 2. The van der Waals surface area contributed by atoms with E-state index in [1.54, 1.807) is 19.2 Å². The highest BCUT2D eigenvalue weighted by Gasteiger charge is 2.27. The number of nitrogens with one attached hydrogen (secondary N) is 2. The molecule has 174 valence electrons. The zero-order valence-corrected chi connectivity index (χ0v) is 18.3. The van der Waals surface area contributed by atoms with Crippen LogP contribution in [0.5, 0.6) is 0 Å². The maximum atomic E-state index is 12.2. The molecule has 0 aliphatic carbocycles. The Bertz CT molecular complexity index is 865. The second-order valence-electron chi connectivity index (χ2n) is 7.77. The number of guanidine groups is 1. The fraction of sp³-hybridized carbons (Fsp3) is 0.478. The maximum Gasteiger partial charge on any atom is 0.411 e. The third-order valence-corrected chi connectivity index (χ3v) is 5.19. The number of halogens is 3. The third kappa shape index (κ3) is 8.03. The molecule has 1 aliphatic heterocycles. The van der Waals surface area contributed by atoms with Crippen LogP contribution in [0.3, 0.4) is 0 Å². The molecule has 0 atom stereocenters. The summed E-state index contributed by atoms with van der Waals surface area (Å²) in [7, 11) is 1.71. The lowest BCUT2D eigenvalue weighted by molar-refractivity contribution is -0.176. The molecule has 0 radical (unpaired) electrons. The van der Waals surface area contributed by atoms with Crippen molar-refractivity contribution in [3.05, 3.63) is 59.3 Å². The van der Waals surface area contributed by atoms with Gasteiger partial charge < -0.3 is 20.3 Å². The Labute approximate surface area is 186 Å². The molecule has 2 N–H and O–H groups in total. The Kier molecular flexibility index (Phi) is 8.72. The Hall–Kier alpha value is -2.81. The van der Waals surface area contributed by atoms with Crippen molar-refractivity contribution in [1.29, 1.82) is 0 Å². The molecule has 1 saturated heterocycles. The number of ether oxygens (including phenoxy) is 1. The van der Waals surface area contributed by atoms with E-state index in [0.29, 0.717) is 24.6 Å². The third-order valence-electron chi connectivity index (χ3n) is 5.19. The SMILES string of the molecule is CN=C(NCc1ccc(COCC(F)(F)F)cc1)NCc1ccnc(N2CCCCC2)c1. The molecule has 0 saturated carbocycles. The number of aromatic nitrogens is 1. The smallest absolute Gasteiger partial charge is 0.367 e. The van der Waals surface area contributed by atoms with E-state index in [9.17, 15) is 13.2 Å². The van der Waals surface area contributed by atoms with Crippen molar-refractivity contribution >= 4 is 11.8 Å². The van der Waals surface area contributed by atoms with Gasteiger partial charge in [0.1, 0.15) is 12.4 Å². The van der Waals surface area contributed by atoms with Crippen molar-refractivity contribution in [2.45, 2.75) is 45.1 Å². The zero-order chi connectivity index (χ0) is 22.8. The summed E-state index contributed by atoms with van der Waals surface area (Å²) >= 11 is 0. The molecule has 1 aromatic heterocycles. The first-order valence-corrected chi connectivity index (χ1v) is 10.8. The average molecular weight is 450 g/mol. The highest BCUT2D eigenvalue weighted by Crippen LogP contribution is 2.18. The van der Waals surface area contributed by atoms with E-state index in [4.69, 9.17) is 0 Å². The lowest BCUT2D eigenvalue weighted by Gasteiger charge is -2.28. The van der Waals surface area contributed by atoms with Crippen LogP contribution in [-0.2, 0) is 24.4 Å². The lowest BCUT2D eigenvalue weighted by Crippen LogP contribution is -2.36. The highest BCUT2D eigenvalue weighted by molar-refractivity contribution is 5.79. The summed E-state index contributed by atoms with van der Waals surface area (Å²) in [5.74, 6) is 1.69. The summed E-state index contributed by atoms with van der Waals surface area (Å²) < 4.78 is 41.1. The van der Waals surface area contributed by atoms with Crippen LogP contribution in [0.15, 0.2) is 47.6 Å². The van der Waals surface area contributed by atoms with Crippen molar-refractivity contribution in [3.63, 3.8) is 0 Å². The van der Waals surface area contributed by atoms with Crippen LogP contribution in [0.25, 0.3) is 0 Å². The fourth-order valence-electron chi connectivity index (χ4n) is 3.50. The molecular weight excluding hydrogens is 419 g/mol. The zero-order valence-electron chi connectivity index (χ0n) is 18.3. The minimum atomic E-state index is -4.31. The Balaban J connectivity index is 1.44. The summed E-state index contributed by atoms with van der Waals surface area (Å²) in [5.41, 5.74) is 2.82. The summed E-state index contributed by atoms with van der Waals surface area (Å²) in [4.78, 5) is 11.1. The van der Waals surface area contributed by atoms with E-state index in [-0.39, 0.29) is 6.61 Å². The number of benzene rings is 1. The molecule has 6 nitrogen and oxygen atoms in total. The van der Waals surface area contributed by atoms with E-state index in [1.165, 1.54) is 19.3 Å². The largest absolute Gasteiger partial charge is 0.411 e. The number of aliphatic imine (C=N–C) groups is 1. The standard InChI is InChI=1S/C23H30F3N5O/c1-27-22(29-14-18-5-7-19(8-6-18)16-32-17-23(24,25)26)30-15-20-9-10-28-21(13-20)31-11-3-2-4-12-31/h5-10,13H,2-4,11-12,14-17H2,1H3,(H2,27,29,30). The molecule has 1 aromatic carbocycles. The average Bonchev–Trinajstić information content (AvgIpc) is 2.80. The molecule has 1 aliphatic rings. The van der Waals surface area contributed by atoms with Crippen LogP contribution < -0.4 is 15.5 Å². The van der Waals surface area contributed by atoms with Crippen LogP contribution in [-0.4, -0.2) is 43.9 Å². The van der Waals surface area contributed by atoms with Gasteiger partial charge in [0, 0.05) is 39.4 Å². The number of hydrogen-bond acceptors (Lipinski definition) is 4. The first-order chi connectivity index (χ1) is 15.4. The van der Waals surface area contributed by atoms with Crippen molar-refractivity contribution in [3.8, 4) is 0 Å². The predicted octanol–water partition coefficient (Wildman–Crippen LogP) is 4.02. The van der Waals surface area contributed by atoms with Crippen LogP contribution in [0.1, 0.15) is 36.0 Å². The monoisotopic (exact) mass is 449 g/mol. The normalized spacial score (nSPS) is 15.0. The van der Waals surface area contributed by atoms with Gasteiger partial charge >= 0.3 is 6.18 Å². The van der Waals surface area contributed by atoms with E-state index in [2.05, 4.69) is 36.3 Å². The van der Waals surface area contributed by atoms with Gasteiger partial charge in [-0.3, -0.25) is 4.99 Å². The van der Waals surface area contributed by atoms with Gasteiger partial charge in [-0.25, -0.2) is 4.98 Å². The Morgan fingerprint density at radius 2 is 1.66 bits per heavy atom. The highest BCUT2D eigenvalue weighted by atomic mass is 19.4. The van der Waals surface area contributed by atoms with Crippen LogP contribution in [0.2, 0.25) is 0 Å². The van der Waals surface area contributed by atoms with Crippen LogP contribution in [0.4, 0.5) is 19.0 Å². The van der Waals surface area contributed by atoms with Gasteiger partial charge in [0.2, 0.25) is 0 Å². The topological polar surface area (TPSA) is 61.8 Å². The summed E-state index contributed by atoms with van der Waals surface area (Å²) in [6, 6.07) is 11.4. The molecule has 9 heteroatoms. The van der Waals surface area contributed by atoms with Crippen molar-refractivity contribution in [1.82, 2.24) is 15.6 Å².